The van der Waals surface area contributed by atoms with E-state index in [2.05, 4.69) is 11.1 Å². The molecule has 2 rings (SSSR count). The Kier molecular flexibility index (Phi) is 3.96. The zero-order valence-corrected chi connectivity index (χ0v) is 11.1. The van der Waals surface area contributed by atoms with Gasteiger partial charge in [-0.1, -0.05) is 12.1 Å². The Hall–Kier alpha value is -2.87. The molecule has 1 aromatic heterocycles. The second-order valence-corrected chi connectivity index (χ2v) is 4.45. The number of carbonyl (C=O) groups is 1. The minimum atomic E-state index is -0.139. The molecule has 0 saturated heterocycles. The molecule has 5 nitrogen and oxygen atoms in total. The molecule has 0 radical (unpaired) electrons. The quantitative estimate of drug-likeness (QED) is 0.918. The normalized spacial score (nSPS) is 9.80. The van der Waals surface area contributed by atoms with Gasteiger partial charge in [-0.3, -0.25) is 4.79 Å². The van der Waals surface area contributed by atoms with Crippen LogP contribution in [0.2, 0.25) is 0 Å². The van der Waals surface area contributed by atoms with Crippen molar-refractivity contribution in [1.29, 1.82) is 5.26 Å². The van der Waals surface area contributed by atoms with E-state index in [4.69, 9.17) is 11.0 Å². The molecule has 2 N–H and O–H groups in total. The van der Waals surface area contributed by atoms with Crippen molar-refractivity contribution < 1.29 is 4.79 Å². The van der Waals surface area contributed by atoms with Crippen molar-refractivity contribution >= 4 is 11.7 Å². The van der Waals surface area contributed by atoms with E-state index in [1.165, 1.54) is 6.20 Å². The van der Waals surface area contributed by atoms with Gasteiger partial charge in [-0.25, -0.2) is 4.98 Å². The summed E-state index contributed by atoms with van der Waals surface area (Å²) in [5.41, 5.74) is 7.46. The number of aromatic nitrogens is 1. The standard InChI is InChI=1S/C15H14N4O/c1-19(10-12-4-2-3-11(7-12)8-16)15(20)13-5-6-14(17)18-9-13/h2-7,9H,10H2,1H3,(H2,17,18). The number of nitrogen functional groups attached to an aromatic ring is 1. The molecule has 0 fully saturated rings. The molecule has 1 heterocycles. The number of benzene rings is 1. The van der Waals surface area contributed by atoms with Crippen LogP contribution in [0.15, 0.2) is 42.6 Å². The number of nitriles is 1. The smallest absolute Gasteiger partial charge is 0.255 e. The van der Waals surface area contributed by atoms with E-state index in [-0.39, 0.29) is 5.91 Å². The molecule has 0 atom stereocenters. The first-order valence-electron chi connectivity index (χ1n) is 6.06. The Morgan fingerprint density at radius 2 is 2.20 bits per heavy atom. The van der Waals surface area contributed by atoms with E-state index in [9.17, 15) is 4.79 Å². The highest BCUT2D eigenvalue weighted by Gasteiger charge is 2.12. The lowest BCUT2D eigenvalue weighted by Crippen LogP contribution is -2.26. The second-order valence-electron chi connectivity index (χ2n) is 4.45. The number of pyridine rings is 1. The maximum atomic E-state index is 12.2. The third kappa shape index (κ3) is 3.12. The van der Waals surface area contributed by atoms with E-state index >= 15 is 0 Å². The van der Waals surface area contributed by atoms with Gasteiger partial charge in [0.2, 0.25) is 0 Å². The Bertz CT molecular complexity index is 658. The van der Waals surface area contributed by atoms with Crippen LogP contribution < -0.4 is 5.73 Å². The number of hydrogen-bond acceptors (Lipinski definition) is 4. The summed E-state index contributed by atoms with van der Waals surface area (Å²) in [6.45, 7) is 0.429. The average Bonchev–Trinajstić information content (AvgIpc) is 2.47. The number of nitrogens with zero attached hydrogens (tertiary/aromatic N) is 3. The van der Waals surface area contributed by atoms with Gasteiger partial charge in [-0.05, 0) is 29.8 Å². The van der Waals surface area contributed by atoms with E-state index in [0.717, 1.165) is 5.56 Å². The first-order chi connectivity index (χ1) is 9.60. The van der Waals surface area contributed by atoms with Gasteiger partial charge in [-0.2, -0.15) is 5.26 Å². The molecule has 0 saturated carbocycles. The Morgan fingerprint density at radius 3 is 2.85 bits per heavy atom. The van der Waals surface area contributed by atoms with Gasteiger partial charge < -0.3 is 10.6 Å². The number of nitrogens with two attached hydrogens (primary N) is 1. The van der Waals surface area contributed by atoms with Crippen molar-refractivity contribution in [3.63, 3.8) is 0 Å². The summed E-state index contributed by atoms with van der Waals surface area (Å²) >= 11 is 0. The maximum Gasteiger partial charge on any atom is 0.255 e. The number of carbonyl (C=O) groups excluding carboxylic acids is 1. The van der Waals surface area contributed by atoms with Gasteiger partial charge in [0.25, 0.3) is 5.91 Å². The molecule has 100 valence electrons. The van der Waals surface area contributed by atoms with Crippen LogP contribution in [-0.4, -0.2) is 22.8 Å². The van der Waals surface area contributed by atoms with E-state index in [1.807, 2.05) is 6.07 Å². The highest BCUT2D eigenvalue weighted by molar-refractivity contribution is 5.93. The lowest BCUT2D eigenvalue weighted by Gasteiger charge is -2.17. The van der Waals surface area contributed by atoms with Gasteiger partial charge in [-0.15, -0.1) is 0 Å². The van der Waals surface area contributed by atoms with Crippen molar-refractivity contribution in [1.82, 2.24) is 9.88 Å². The monoisotopic (exact) mass is 266 g/mol. The molecule has 0 unspecified atom stereocenters. The summed E-state index contributed by atoms with van der Waals surface area (Å²) in [7, 11) is 1.71. The largest absolute Gasteiger partial charge is 0.384 e. The van der Waals surface area contributed by atoms with Crippen LogP contribution >= 0.6 is 0 Å². The molecule has 0 bridgehead atoms. The Labute approximate surface area is 117 Å². The van der Waals surface area contributed by atoms with Gasteiger partial charge in [0.05, 0.1) is 17.2 Å². The summed E-state index contributed by atoms with van der Waals surface area (Å²) in [4.78, 5) is 17.7. The van der Waals surface area contributed by atoms with Crippen molar-refractivity contribution in [3.8, 4) is 6.07 Å². The average molecular weight is 266 g/mol. The molecule has 0 aliphatic rings. The molecular weight excluding hydrogens is 252 g/mol. The fourth-order valence-corrected chi connectivity index (χ4v) is 1.84. The molecule has 0 aliphatic heterocycles. The Balaban J connectivity index is 2.11. The van der Waals surface area contributed by atoms with Crippen molar-refractivity contribution in [3.05, 3.63) is 59.3 Å². The third-order valence-corrected chi connectivity index (χ3v) is 2.86. The minimum absolute atomic E-state index is 0.139. The summed E-state index contributed by atoms with van der Waals surface area (Å²) in [6.07, 6.45) is 1.46. The topological polar surface area (TPSA) is 83.0 Å². The van der Waals surface area contributed by atoms with Crippen molar-refractivity contribution in [2.45, 2.75) is 6.54 Å². The van der Waals surface area contributed by atoms with Crippen LogP contribution in [0, 0.1) is 11.3 Å². The minimum Gasteiger partial charge on any atom is -0.384 e. The fourth-order valence-electron chi connectivity index (χ4n) is 1.84. The molecule has 0 spiro atoms. The number of rotatable bonds is 3. The van der Waals surface area contributed by atoms with Crippen LogP contribution in [0.3, 0.4) is 0 Å². The fraction of sp³-hybridized carbons (Fsp3) is 0.133. The van der Waals surface area contributed by atoms with E-state index < -0.39 is 0 Å². The summed E-state index contributed by atoms with van der Waals surface area (Å²) in [6, 6.07) is 12.5. The molecule has 1 aromatic carbocycles. The number of hydrogen-bond donors (Lipinski definition) is 1. The van der Waals surface area contributed by atoms with Crippen LogP contribution in [0.25, 0.3) is 0 Å². The zero-order valence-electron chi connectivity index (χ0n) is 11.1. The van der Waals surface area contributed by atoms with E-state index in [1.54, 1.807) is 42.3 Å². The number of amides is 1. The van der Waals surface area contributed by atoms with Gasteiger partial charge >= 0.3 is 0 Å². The molecule has 5 heteroatoms. The predicted octanol–water partition coefficient (Wildman–Crippen LogP) is 1.81. The van der Waals surface area contributed by atoms with Gasteiger partial charge in [0.1, 0.15) is 5.82 Å². The predicted molar refractivity (Wildman–Crippen MR) is 75.6 cm³/mol. The molecular formula is C15H14N4O. The van der Waals surface area contributed by atoms with Crippen molar-refractivity contribution in [2.75, 3.05) is 12.8 Å². The van der Waals surface area contributed by atoms with Crippen LogP contribution in [0.1, 0.15) is 21.5 Å². The summed E-state index contributed by atoms with van der Waals surface area (Å²) < 4.78 is 0. The maximum absolute atomic E-state index is 12.2. The first kappa shape index (κ1) is 13.6. The first-order valence-corrected chi connectivity index (χ1v) is 6.06. The molecule has 2 aromatic rings. The van der Waals surface area contributed by atoms with Gasteiger partial charge in [0.15, 0.2) is 0 Å². The lowest BCUT2D eigenvalue weighted by atomic mass is 10.1. The highest BCUT2D eigenvalue weighted by Crippen LogP contribution is 2.10. The summed E-state index contributed by atoms with van der Waals surface area (Å²) in [5.74, 6) is 0.241. The second kappa shape index (κ2) is 5.85. The third-order valence-electron chi connectivity index (χ3n) is 2.86. The van der Waals surface area contributed by atoms with Crippen LogP contribution in [-0.2, 0) is 6.54 Å². The molecule has 0 aliphatic carbocycles. The molecule has 20 heavy (non-hydrogen) atoms. The zero-order chi connectivity index (χ0) is 14.5. The van der Waals surface area contributed by atoms with Crippen molar-refractivity contribution in [2.24, 2.45) is 0 Å². The van der Waals surface area contributed by atoms with Crippen LogP contribution in [0.4, 0.5) is 5.82 Å². The highest BCUT2D eigenvalue weighted by atomic mass is 16.2. The summed E-state index contributed by atoms with van der Waals surface area (Å²) in [5, 5.41) is 8.86. The molecule has 1 amide bonds. The SMILES string of the molecule is CN(Cc1cccc(C#N)c1)C(=O)c1ccc(N)nc1. The Morgan fingerprint density at radius 1 is 1.40 bits per heavy atom. The lowest BCUT2D eigenvalue weighted by molar-refractivity contribution is 0.0784. The number of anilines is 1. The van der Waals surface area contributed by atoms with Gasteiger partial charge in [0, 0.05) is 19.8 Å². The van der Waals surface area contributed by atoms with Crippen LogP contribution in [0.5, 0.6) is 0 Å². The van der Waals surface area contributed by atoms with E-state index in [0.29, 0.717) is 23.5 Å².